The third kappa shape index (κ3) is 3.50. The third-order valence-corrected chi connectivity index (χ3v) is 3.75. The molecule has 0 fully saturated rings. The molecule has 104 valence electrons. The summed E-state index contributed by atoms with van der Waals surface area (Å²) in [5.74, 6) is -1.26. The number of amides is 1. The van der Waals surface area contributed by atoms with E-state index in [1.165, 1.54) is 19.9 Å². The number of sulfonamides is 1. The zero-order chi connectivity index (χ0) is 14.8. The number of aryl methyl sites for hydroxylation is 1. The van der Waals surface area contributed by atoms with Gasteiger partial charge in [0.1, 0.15) is 0 Å². The van der Waals surface area contributed by atoms with Crippen molar-refractivity contribution >= 4 is 21.6 Å². The lowest BCUT2D eigenvalue weighted by atomic mass is 10.2. The molecule has 0 unspecified atom stereocenters. The van der Waals surface area contributed by atoms with Gasteiger partial charge in [0.15, 0.2) is 4.90 Å². The molecule has 0 spiro atoms. The molecule has 0 atom stereocenters. The van der Waals surface area contributed by atoms with Crippen LogP contribution < -0.4 is 4.72 Å². The Morgan fingerprint density at radius 3 is 2.42 bits per heavy atom. The van der Waals surface area contributed by atoms with E-state index in [9.17, 15) is 23.3 Å². The van der Waals surface area contributed by atoms with Crippen molar-refractivity contribution in [3.63, 3.8) is 0 Å². The highest BCUT2D eigenvalue weighted by Crippen LogP contribution is 2.24. The van der Waals surface area contributed by atoms with E-state index in [1.807, 2.05) is 4.72 Å². The van der Waals surface area contributed by atoms with Gasteiger partial charge >= 0.3 is 0 Å². The van der Waals surface area contributed by atoms with E-state index in [4.69, 9.17) is 0 Å². The fourth-order valence-electron chi connectivity index (χ4n) is 1.30. The minimum atomic E-state index is -4.24. The van der Waals surface area contributed by atoms with Crippen molar-refractivity contribution < 1.29 is 18.1 Å². The predicted octanol–water partition coefficient (Wildman–Crippen LogP) is 1.36. The fourth-order valence-corrected chi connectivity index (χ4v) is 2.57. The first-order valence-electron chi connectivity index (χ1n) is 5.47. The van der Waals surface area contributed by atoms with E-state index in [1.54, 1.807) is 6.92 Å². The van der Waals surface area contributed by atoms with Gasteiger partial charge in [-0.2, -0.15) is 0 Å². The van der Waals surface area contributed by atoms with Crippen molar-refractivity contribution in [1.82, 2.24) is 4.72 Å². The van der Waals surface area contributed by atoms with E-state index in [-0.39, 0.29) is 0 Å². The third-order valence-electron chi connectivity index (χ3n) is 2.36. The molecule has 0 aliphatic heterocycles. The second-order valence-electron chi connectivity index (χ2n) is 4.35. The Kier molecular flexibility index (Phi) is 4.25. The summed E-state index contributed by atoms with van der Waals surface area (Å²) in [4.78, 5) is 21.0. The van der Waals surface area contributed by atoms with Gasteiger partial charge in [0.05, 0.1) is 4.92 Å². The van der Waals surface area contributed by atoms with Crippen molar-refractivity contribution in [1.29, 1.82) is 0 Å². The van der Waals surface area contributed by atoms with Crippen LogP contribution in [-0.4, -0.2) is 19.2 Å². The van der Waals surface area contributed by atoms with Crippen LogP contribution >= 0.6 is 0 Å². The molecule has 0 saturated heterocycles. The largest absolute Gasteiger partial charge is 0.290 e. The number of hydrogen-bond acceptors (Lipinski definition) is 5. The Hall–Kier alpha value is -1.96. The summed E-state index contributed by atoms with van der Waals surface area (Å²) < 4.78 is 25.7. The van der Waals surface area contributed by atoms with Crippen molar-refractivity contribution in [3.05, 3.63) is 33.9 Å². The van der Waals surface area contributed by atoms with E-state index in [0.717, 1.165) is 12.1 Å². The van der Waals surface area contributed by atoms with E-state index < -0.39 is 37.4 Å². The molecule has 0 aromatic heterocycles. The number of nitrogens with zero attached hydrogens (tertiary/aromatic N) is 1. The topological polar surface area (TPSA) is 106 Å². The highest BCUT2D eigenvalue weighted by atomic mass is 32.2. The minimum Gasteiger partial charge on any atom is -0.274 e. The molecule has 1 amide bonds. The Labute approximate surface area is 110 Å². The lowest BCUT2D eigenvalue weighted by Gasteiger charge is -2.09. The van der Waals surface area contributed by atoms with Gasteiger partial charge in [-0.15, -0.1) is 0 Å². The molecule has 0 heterocycles. The average Bonchev–Trinajstić information content (AvgIpc) is 2.27. The van der Waals surface area contributed by atoms with Crippen molar-refractivity contribution in [2.75, 3.05) is 0 Å². The molecule has 8 heteroatoms. The smallest absolute Gasteiger partial charge is 0.274 e. The van der Waals surface area contributed by atoms with Gasteiger partial charge in [-0.25, -0.2) is 13.1 Å². The Balaban J connectivity index is 3.29. The number of rotatable bonds is 4. The molecule has 0 aliphatic rings. The quantitative estimate of drug-likeness (QED) is 0.664. The van der Waals surface area contributed by atoms with Gasteiger partial charge in [-0.3, -0.25) is 14.9 Å². The summed E-state index contributed by atoms with van der Waals surface area (Å²) in [5, 5.41) is 10.9. The molecule has 0 saturated carbocycles. The SMILES string of the molecule is Cc1ccc(S(=O)(=O)NC(=O)C(C)C)c([N+](=O)[O-])c1. The summed E-state index contributed by atoms with van der Waals surface area (Å²) in [5.41, 5.74) is 0.00453. The standard InChI is InChI=1S/C11H14N2O5S/c1-7(2)11(14)12-19(17,18)10-5-4-8(3)6-9(10)13(15)16/h4-7H,1-3H3,(H,12,14). The number of nitro benzene ring substituents is 1. The Morgan fingerprint density at radius 1 is 1.37 bits per heavy atom. The lowest BCUT2D eigenvalue weighted by molar-refractivity contribution is -0.387. The maximum atomic E-state index is 11.9. The summed E-state index contributed by atoms with van der Waals surface area (Å²) in [6, 6.07) is 3.69. The highest BCUT2D eigenvalue weighted by Gasteiger charge is 2.28. The zero-order valence-corrected chi connectivity index (χ0v) is 11.5. The van der Waals surface area contributed by atoms with E-state index in [2.05, 4.69) is 0 Å². The summed E-state index contributed by atoms with van der Waals surface area (Å²) in [6.07, 6.45) is 0. The average molecular weight is 286 g/mol. The molecule has 0 aliphatic carbocycles. The number of hydrogen-bond donors (Lipinski definition) is 1. The molecule has 19 heavy (non-hydrogen) atoms. The minimum absolute atomic E-state index is 0.517. The molecule has 1 N–H and O–H groups in total. The van der Waals surface area contributed by atoms with Crippen LogP contribution in [0, 0.1) is 23.0 Å². The fraction of sp³-hybridized carbons (Fsp3) is 0.364. The summed E-state index contributed by atoms with van der Waals surface area (Å²) in [6.45, 7) is 4.65. The number of carbonyl (C=O) groups is 1. The van der Waals surface area contributed by atoms with Crippen LogP contribution in [0.5, 0.6) is 0 Å². The highest BCUT2D eigenvalue weighted by molar-refractivity contribution is 7.90. The maximum Gasteiger partial charge on any atom is 0.290 e. The van der Waals surface area contributed by atoms with Crippen LogP contribution in [0.15, 0.2) is 23.1 Å². The lowest BCUT2D eigenvalue weighted by Crippen LogP contribution is -2.34. The molecule has 1 aromatic carbocycles. The zero-order valence-electron chi connectivity index (χ0n) is 10.7. The predicted molar refractivity (Wildman–Crippen MR) is 68.0 cm³/mol. The van der Waals surface area contributed by atoms with Crippen LogP contribution in [-0.2, 0) is 14.8 Å². The van der Waals surface area contributed by atoms with Gasteiger partial charge in [-0.05, 0) is 18.6 Å². The van der Waals surface area contributed by atoms with Crippen LogP contribution in [0.4, 0.5) is 5.69 Å². The molecular weight excluding hydrogens is 272 g/mol. The van der Waals surface area contributed by atoms with E-state index in [0.29, 0.717) is 5.56 Å². The van der Waals surface area contributed by atoms with Gasteiger partial charge in [-0.1, -0.05) is 19.9 Å². The van der Waals surface area contributed by atoms with Crippen LogP contribution in [0.3, 0.4) is 0 Å². The maximum absolute atomic E-state index is 11.9. The second kappa shape index (κ2) is 5.35. The van der Waals surface area contributed by atoms with Gasteiger partial charge in [0, 0.05) is 12.0 Å². The van der Waals surface area contributed by atoms with Gasteiger partial charge in [0.25, 0.3) is 15.7 Å². The van der Waals surface area contributed by atoms with Crippen molar-refractivity contribution in [2.45, 2.75) is 25.7 Å². The first-order chi connectivity index (χ1) is 8.65. The first-order valence-corrected chi connectivity index (χ1v) is 6.95. The summed E-state index contributed by atoms with van der Waals surface area (Å²) >= 11 is 0. The normalized spacial score (nSPS) is 11.4. The van der Waals surface area contributed by atoms with Crippen LogP contribution in [0.2, 0.25) is 0 Å². The molecule has 0 bridgehead atoms. The first kappa shape index (κ1) is 15.1. The molecule has 7 nitrogen and oxygen atoms in total. The number of nitro groups is 1. The Morgan fingerprint density at radius 2 is 1.95 bits per heavy atom. The van der Waals surface area contributed by atoms with Crippen LogP contribution in [0.25, 0.3) is 0 Å². The number of nitrogens with one attached hydrogen (secondary N) is 1. The molecule has 1 rings (SSSR count). The molecule has 1 aromatic rings. The summed E-state index contributed by atoms with van der Waals surface area (Å²) in [7, 11) is -4.24. The van der Waals surface area contributed by atoms with Crippen LogP contribution in [0.1, 0.15) is 19.4 Å². The van der Waals surface area contributed by atoms with Crippen molar-refractivity contribution in [3.8, 4) is 0 Å². The van der Waals surface area contributed by atoms with Gasteiger partial charge in [0.2, 0.25) is 5.91 Å². The van der Waals surface area contributed by atoms with E-state index >= 15 is 0 Å². The monoisotopic (exact) mass is 286 g/mol. The van der Waals surface area contributed by atoms with Crippen molar-refractivity contribution in [2.24, 2.45) is 5.92 Å². The second-order valence-corrected chi connectivity index (χ2v) is 6.00. The number of benzene rings is 1. The van der Waals surface area contributed by atoms with Gasteiger partial charge < -0.3 is 0 Å². The number of carbonyl (C=O) groups excluding carboxylic acids is 1. The molecular formula is C11H14N2O5S. The Bertz CT molecular complexity index is 622. The molecule has 0 radical (unpaired) electrons.